The molecule has 0 rings (SSSR count). The molecule has 67 valence electrons. The highest BCUT2D eigenvalue weighted by Gasteiger charge is 2.36. The van der Waals surface area contributed by atoms with Gasteiger partial charge < -0.3 is 4.43 Å². The molecule has 1 radical (unpaired) electrons. The maximum Gasteiger partial charge on any atom is 0.192 e. The summed E-state index contributed by atoms with van der Waals surface area (Å²) < 4.78 is 5.57. The van der Waals surface area contributed by atoms with Crippen molar-refractivity contribution in [2.75, 3.05) is 13.2 Å². The molecule has 0 N–H and O–H groups in total. The van der Waals surface area contributed by atoms with Crippen LogP contribution < -0.4 is 0 Å². The van der Waals surface area contributed by atoms with E-state index in [0.717, 1.165) is 0 Å². The van der Waals surface area contributed by atoms with Crippen LogP contribution >= 0.6 is 0 Å². The Morgan fingerprint density at radius 1 is 1.27 bits per heavy atom. The van der Waals surface area contributed by atoms with E-state index in [-0.39, 0.29) is 11.6 Å². The van der Waals surface area contributed by atoms with Crippen LogP contribution in [0.1, 0.15) is 20.8 Å². The lowest BCUT2D eigenvalue weighted by Gasteiger charge is -2.35. The zero-order valence-corrected chi connectivity index (χ0v) is 9.23. The fourth-order valence-corrected chi connectivity index (χ4v) is 1.54. The van der Waals surface area contributed by atoms with Gasteiger partial charge in [-0.05, 0) is 18.1 Å². The lowest BCUT2D eigenvalue weighted by Crippen LogP contribution is -2.41. The average Bonchev–Trinajstić information content (AvgIpc) is 1.81. The molecule has 0 saturated heterocycles. The van der Waals surface area contributed by atoms with Crippen LogP contribution in [0.4, 0.5) is 0 Å². The number of hydrogen-bond donors (Lipinski definition) is 0. The van der Waals surface area contributed by atoms with Crippen LogP contribution in [0.25, 0.3) is 0 Å². The van der Waals surface area contributed by atoms with Gasteiger partial charge in [-0.1, -0.05) is 20.8 Å². The highest BCUT2D eigenvalue weighted by Crippen LogP contribution is 2.36. The molecule has 2 nitrogen and oxygen atoms in total. The smallest absolute Gasteiger partial charge is 0.192 e. The van der Waals surface area contributed by atoms with Crippen LogP contribution in [-0.2, 0) is 9.53 Å². The van der Waals surface area contributed by atoms with Gasteiger partial charge in [0, 0.05) is 0 Å². The van der Waals surface area contributed by atoms with Gasteiger partial charge in [-0.25, -0.2) is 5.11 Å². The first-order valence-electron chi connectivity index (χ1n) is 4.03. The molecule has 0 heterocycles. The second-order valence-electron chi connectivity index (χ2n) is 4.31. The third-order valence-corrected chi connectivity index (χ3v) is 6.89. The summed E-state index contributed by atoms with van der Waals surface area (Å²) in [6, 6.07) is 0. The van der Waals surface area contributed by atoms with Gasteiger partial charge >= 0.3 is 0 Å². The molecule has 0 saturated carbocycles. The largest absolute Gasteiger partial charge is 0.414 e. The van der Waals surface area contributed by atoms with Crippen molar-refractivity contribution in [3.8, 4) is 0 Å². The molecule has 0 fully saturated rings. The van der Waals surface area contributed by atoms with E-state index in [2.05, 4.69) is 33.9 Å². The zero-order chi connectivity index (χ0) is 9.12. The van der Waals surface area contributed by atoms with E-state index in [0.29, 0.717) is 6.61 Å². The highest BCUT2D eigenvalue weighted by atomic mass is 28.4. The van der Waals surface area contributed by atoms with Gasteiger partial charge in [0.2, 0.25) is 0 Å². The van der Waals surface area contributed by atoms with Gasteiger partial charge in [0.05, 0.1) is 6.61 Å². The molecule has 0 aliphatic carbocycles. The van der Waals surface area contributed by atoms with Gasteiger partial charge in [0.1, 0.15) is 6.61 Å². The van der Waals surface area contributed by atoms with Crippen LogP contribution in [-0.4, -0.2) is 21.5 Å². The SMILES string of the molecule is CC(C)(C)[Si](C)(C)OCC[O]. The Kier molecular flexibility index (Phi) is 3.74. The first-order valence-corrected chi connectivity index (χ1v) is 6.94. The first kappa shape index (κ1) is 11.1. The topological polar surface area (TPSA) is 29.1 Å². The van der Waals surface area contributed by atoms with Crippen molar-refractivity contribution in [3.05, 3.63) is 0 Å². The molecule has 0 aromatic rings. The Hall–Kier alpha value is 0.137. The molecule has 0 unspecified atom stereocenters. The molecule has 0 spiro atoms. The van der Waals surface area contributed by atoms with Crippen LogP contribution in [0.3, 0.4) is 0 Å². The van der Waals surface area contributed by atoms with E-state index in [1.54, 1.807) is 0 Å². The predicted octanol–water partition coefficient (Wildman–Crippen LogP) is 2.44. The van der Waals surface area contributed by atoms with E-state index in [1.807, 2.05) is 0 Å². The average molecular weight is 175 g/mol. The van der Waals surface area contributed by atoms with Crippen LogP contribution in [0, 0.1) is 0 Å². The summed E-state index contributed by atoms with van der Waals surface area (Å²) >= 11 is 0. The van der Waals surface area contributed by atoms with Crippen molar-refractivity contribution in [1.82, 2.24) is 0 Å². The molecular formula is C8H19O2Si. The summed E-state index contributed by atoms with van der Waals surface area (Å²) in [7, 11) is -1.63. The van der Waals surface area contributed by atoms with Gasteiger partial charge in [-0.3, -0.25) is 0 Å². The minimum atomic E-state index is -1.63. The summed E-state index contributed by atoms with van der Waals surface area (Å²) in [5, 5.41) is 10.4. The fourth-order valence-electron chi connectivity index (χ4n) is 0.513. The summed E-state index contributed by atoms with van der Waals surface area (Å²) in [6.45, 7) is 11.1. The van der Waals surface area contributed by atoms with Crippen molar-refractivity contribution < 1.29 is 9.53 Å². The summed E-state index contributed by atoms with van der Waals surface area (Å²) in [5.74, 6) is 0. The number of rotatable bonds is 3. The predicted molar refractivity (Wildman–Crippen MR) is 48.7 cm³/mol. The summed E-state index contributed by atoms with van der Waals surface area (Å²) in [6.07, 6.45) is 0. The Bertz CT molecular complexity index is 116. The van der Waals surface area contributed by atoms with Crippen LogP contribution in [0.2, 0.25) is 18.1 Å². The summed E-state index contributed by atoms with van der Waals surface area (Å²) in [4.78, 5) is 0. The van der Waals surface area contributed by atoms with Crippen molar-refractivity contribution in [2.45, 2.75) is 38.9 Å². The van der Waals surface area contributed by atoms with Gasteiger partial charge in [-0.15, -0.1) is 0 Å². The molecular weight excluding hydrogens is 156 g/mol. The van der Waals surface area contributed by atoms with E-state index in [1.165, 1.54) is 0 Å². The second kappa shape index (κ2) is 3.69. The molecule has 11 heavy (non-hydrogen) atoms. The van der Waals surface area contributed by atoms with E-state index < -0.39 is 8.32 Å². The van der Waals surface area contributed by atoms with E-state index >= 15 is 0 Å². The lowest BCUT2D eigenvalue weighted by atomic mass is 10.2. The van der Waals surface area contributed by atoms with Crippen molar-refractivity contribution >= 4 is 8.32 Å². The molecule has 0 aromatic heterocycles. The van der Waals surface area contributed by atoms with Crippen molar-refractivity contribution in [3.63, 3.8) is 0 Å². The second-order valence-corrected chi connectivity index (χ2v) is 9.12. The normalized spacial score (nSPS) is 13.6. The zero-order valence-electron chi connectivity index (χ0n) is 8.23. The molecule has 0 amide bonds. The molecule has 0 bridgehead atoms. The maximum atomic E-state index is 10.2. The minimum absolute atomic E-state index is 0.119. The quantitative estimate of drug-likeness (QED) is 0.606. The fraction of sp³-hybridized carbons (Fsp3) is 1.00. The molecule has 3 heteroatoms. The number of hydrogen-bond acceptors (Lipinski definition) is 1. The third kappa shape index (κ3) is 3.36. The Balaban J connectivity index is 4.00. The standard InChI is InChI=1S/C8H19O2Si/c1-8(2,3)11(4,5)10-7-6-9/h6-7H2,1-5H3. The van der Waals surface area contributed by atoms with Gasteiger partial charge in [0.25, 0.3) is 0 Å². The first-order chi connectivity index (χ1) is 4.81. The molecule has 0 aliphatic heterocycles. The Morgan fingerprint density at radius 3 is 2.00 bits per heavy atom. The maximum absolute atomic E-state index is 10.2. The van der Waals surface area contributed by atoms with E-state index in [9.17, 15) is 5.11 Å². The van der Waals surface area contributed by atoms with Crippen molar-refractivity contribution in [1.29, 1.82) is 0 Å². The lowest BCUT2D eigenvalue weighted by molar-refractivity contribution is 0.131. The van der Waals surface area contributed by atoms with Crippen molar-refractivity contribution in [2.24, 2.45) is 0 Å². The Labute approximate surface area is 70.7 Å². The van der Waals surface area contributed by atoms with Crippen LogP contribution in [0.5, 0.6) is 0 Å². The van der Waals surface area contributed by atoms with Gasteiger partial charge in [-0.2, -0.15) is 0 Å². The minimum Gasteiger partial charge on any atom is -0.414 e. The highest BCUT2D eigenvalue weighted by molar-refractivity contribution is 6.74. The monoisotopic (exact) mass is 175 g/mol. The Morgan fingerprint density at radius 2 is 1.73 bits per heavy atom. The summed E-state index contributed by atoms with van der Waals surface area (Å²) in [5.41, 5.74) is 0. The third-order valence-electron chi connectivity index (χ3n) is 2.35. The molecule has 0 atom stereocenters. The van der Waals surface area contributed by atoms with E-state index in [4.69, 9.17) is 4.43 Å². The molecule has 0 aliphatic rings. The van der Waals surface area contributed by atoms with Crippen LogP contribution in [0.15, 0.2) is 0 Å². The molecule has 0 aromatic carbocycles. The van der Waals surface area contributed by atoms with Gasteiger partial charge in [0.15, 0.2) is 8.32 Å².